The molecule has 3 N–H and O–H groups in total. The number of ether oxygens (including phenoxy) is 1. The number of nitrogens with one attached hydrogen (secondary N) is 1. The van der Waals surface area contributed by atoms with Crippen LogP contribution in [0.4, 0.5) is 0 Å². The van der Waals surface area contributed by atoms with E-state index in [9.17, 15) is 14.7 Å². The maximum Gasteiger partial charge on any atom is 0.330 e. The summed E-state index contributed by atoms with van der Waals surface area (Å²) in [6.07, 6.45) is -0.649. The van der Waals surface area contributed by atoms with Crippen molar-refractivity contribution in [2.24, 2.45) is 0 Å². The van der Waals surface area contributed by atoms with Gasteiger partial charge < -0.3 is 14.9 Å². The molecule has 1 fully saturated rings. The van der Waals surface area contributed by atoms with Crippen LogP contribution >= 0.6 is 0 Å². The molecule has 1 aromatic rings. The normalized spacial score (nSPS) is 27.8. The van der Waals surface area contributed by atoms with E-state index in [1.165, 1.54) is 16.8 Å². The van der Waals surface area contributed by atoms with Gasteiger partial charge in [-0.1, -0.05) is 0 Å². The maximum atomic E-state index is 11.4. The Kier molecular flexibility index (Phi) is 4.67. The molecule has 0 aromatic carbocycles. The van der Waals surface area contributed by atoms with Crippen LogP contribution < -0.4 is 11.2 Å². The molecule has 0 saturated carbocycles. The van der Waals surface area contributed by atoms with E-state index in [4.69, 9.17) is 9.84 Å². The first-order valence-electron chi connectivity index (χ1n) is 4.87. The third kappa shape index (κ3) is 2.85. The van der Waals surface area contributed by atoms with Gasteiger partial charge in [0.05, 0.1) is 12.7 Å². The van der Waals surface area contributed by atoms with Crippen LogP contribution in [0.1, 0.15) is 12.6 Å². The van der Waals surface area contributed by atoms with Gasteiger partial charge in [-0.15, -0.1) is 0 Å². The molecular weight excluding hydrogens is 280 g/mol. The zero-order chi connectivity index (χ0) is 11.7. The second-order valence-electron chi connectivity index (χ2n) is 3.63. The number of hydrogen-bond acceptors (Lipinski definition) is 5. The van der Waals surface area contributed by atoms with Crippen molar-refractivity contribution in [2.75, 3.05) is 6.61 Å². The number of aliphatic hydroxyl groups excluding tert-OH is 2. The Morgan fingerprint density at radius 2 is 2.24 bits per heavy atom. The number of nitrogens with zero attached hydrogens (tertiary/aromatic N) is 1. The molecule has 1 aliphatic rings. The first-order chi connectivity index (χ1) is 7.61. The summed E-state index contributed by atoms with van der Waals surface area (Å²) in [6, 6.07) is 1.20. The van der Waals surface area contributed by atoms with Gasteiger partial charge in [0.25, 0.3) is 5.56 Å². The SMILES string of the molecule is O=c1ccn([C@H]2C[C@H](O)[C@@H](CO)O2)c(=O)[nH]1.[Cu]. The zero-order valence-electron chi connectivity index (χ0n) is 8.67. The molecular formula is C9H12CuN2O5. The summed E-state index contributed by atoms with van der Waals surface area (Å²) < 4.78 is 6.45. The summed E-state index contributed by atoms with van der Waals surface area (Å²) in [7, 11) is 0. The van der Waals surface area contributed by atoms with Crippen molar-refractivity contribution < 1.29 is 32.0 Å². The van der Waals surface area contributed by atoms with Crippen molar-refractivity contribution in [3.05, 3.63) is 33.1 Å². The standard InChI is InChI=1S/C9H12N2O5.Cu/c12-4-6-5(13)3-8(16-6)11-2-1-7(14)10-9(11)15;/h1-2,5-6,8,12-13H,3-4H2,(H,10,14,15);/t5-,6+,8+;/m0./s1. The molecule has 17 heavy (non-hydrogen) atoms. The number of aromatic amines is 1. The number of aliphatic hydroxyl groups is 2. The maximum absolute atomic E-state index is 11.4. The second-order valence-corrected chi connectivity index (χ2v) is 3.63. The van der Waals surface area contributed by atoms with Crippen LogP contribution in [-0.2, 0) is 21.8 Å². The first kappa shape index (κ1) is 14.1. The topological polar surface area (TPSA) is 105 Å². The molecule has 2 rings (SSSR count). The van der Waals surface area contributed by atoms with Crippen LogP contribution in [0.3, 0.4) is 0 Å². The minimum atomic E-state index is -0.811. The van der Waals surface area contributed by atoms with E-state index >= 15 is 0 Å². The van der Waals surface area contributed by atoms with E-state index in [0.29, 0.717) is 0 Å². The van der Waals surface area contributed by atoms with Gasteiger partial charge in [-0.2, -0.15) is 0 Å². The molecule has 0 unspecified atom stereocenters. The van der Waals surface area contributed by atoms with E-state index in [1.807, 2.05) is 0 Å². The van der Waals surface area contributed by atoms with Crippen molar-refractivity contribution in [3.63, 3.8) is 0 Å². The molecule has 0 bridgehead atoms. The van der Waals surface area contributed by atoms with Gasteiger partial charge in [-0.3, -0.25) is 14.3 Å². The summed E-state index contributed by atoms with van der Waals surface area (Å²) in [6.45, 7) is -0.310. The summed E-state index contributed by atoms with van der Waals surface area (Å²) in [5, 5.41) is 18.4. The van der Waals surface area contributed by atoms with Crippen molar-refractivity contribution in [2.45, 2.75) is 24.9 Å². The third-order valence-electron chi connectivity index (χ3n) is 2.55. The van der Waals surface area contributed by atoms with Gasteiger partial charge >= 0.3 is 5.69 Å². The van der Waals surface area contributed by atoms with Crippen LogP contribution in [-0.4, -0.2) is 38.6 Å². The summed E-state index contributed by atoms with van der Waals surface area (Å²) in [4.78, 5) is 24.3. The van der Waals surface area contributed by atoms with E-state index < -0.39 is 29.7 Å². The number of aromatic nitrogens is 2. The van der Waals surface area contributed by atoms with Crippen LogP contribution in [0.2, 0.25) is 0 Å². The smallest absolute Gasteiger partial charge is 0.330 e. The largest absolute Gasteiger partial charge is 0.394 e. The van der Waals surface area contributed by atoms with Crippen LogP contribution in [0.25, 0.3) is 0 Å². The van der Waals surface area contributed by atoms with E-state index in [-0.39, 0.29) is 30.1 Å². The number of rotatable bonds is 2. The molecule has 8 heteroatoms. The van der Waals surface area contributed by atoms with Gasteiger partial charge in [0, 0.05) is 35.8 Å². The predicted molar refractivity (Wildman–Crippen MR) is 52.9 cm³/mol. The van der Waals surface area contributed by atoms with Crippen molar-refractivity contribution in [3.8, 4) is 0 Å². The Balaban J connectivity index is 0.00000144. The summed E-state index contributed by atoms with van der Waals surface area (Å²) in [5.74, 6) is 0. The van der Waals surface area contributed by atoms with Crippen molar-refractivity contribution >= 4 is 0 Å². The molecule has 1 aromatic heterocycles. The number of H-pyrrole nitrogens is 1. The van der Waals surface area contributed by atoms with Crippen molar-refractivity contribution in [1.29, 1.82) is 0 Å². The molecule has 1 radical (unpaired) electrons. The van der Waals surface area contributed by atoms with Crippen LogP contribution in [0.5, 0.6) is 0 Å². The average molecular weight is 292 g/mol. The van der Waals surface area contributed by atoms with E-state index in [1.54, 1.807) is 0 Å². The van der Waals surface area contributed by atoms with Gasteiger partial charge in [0.15, 0.2) is 0 Å². The van der Waals surface area contributed by atoms with E-state index in [0.717, 1.165) is 0 Å². The minimum absolute atomic E-state index is 0. The van der Waals surface area contributed by atoms with Gasteiger partial charge in [0.2, 0.25) is 0 Å². The molecule has 99 valence electrons. The van der Waals surface area contributed by atoms with Crippen molar-refractivity contribution in [1.82, 2.24) is 9.55 Å². The minimum Gasteiger partial charge on any atom is -0.394 e. The summed E-state index contributed by atoms with van der Waals surface area (Å²) in [5.41, 5.74) is -1.08. The molecule has 1 saturated heterocycles. The Bertz CT molecular complexity index is 485. The molecule has 0 amide bonds. The molecule has 2 heterocycles. The van der Waals surface area contributed by atoms with Crippen LogP contribution in [0, 0.1) is 0 Å². The Labute approximate surface area is 107 Å². The average Bonchev–Trinajstić information content (AvgIpc) is 2.59. The van der Waals surface area contributed by atoms with Gasteiger partial charge in [-0.05, 0) is 0 Å². The molecule has 0 aliphatic carbocycles. The fourth-order valence-corrected chi connectivity index (χ4v) is 1.70. The molecule has 7 nitrogen and oxygen atoms in total. The third-order valence-corrected chi connectivity index (χ3v) is 2.55. The quantitative estimate of drug-likeness (QED) is 0.556. The Morgan fingerprint density at radius 1 is 1.53 bits per heavy atom. The molecule has 0 spiro atoms. The molecule has 1 aliphatic heterocycles. The second kappa shape index (κ2) is 5.61. The first-order valence-corrected chi connectivity index (χ1v) is 4.87. The Hall–Kier alpha value is -0.921. The summed E-state index contributed by atoms with van der Waals surface area (Å²) >= 11 is 0. The van der Waals surface area contributed by atoms with Crippen LogP contribution in [0.15, 0.2) is 21.9 Å². The van der Waals surface area contributed by atoms with Gasteiger partial charge in [0.1, 0.15) is 12.3 Å². The zero-order valence-corrected chi connectivity index (χ0v) is 9.61. The monoisotopic (exact) mass is 291 g/mol. The van der Waals surface area contributed by atoms with Gasteiger partial charge in [-0.25, -0.2) is 4.79 Å². The fourth-order valence-electron chi connectivity index (χ4n) is 1.70. The predicted octanol–water partition coefficient (Wildman–Crippen LogP) is -1.83. The fraction of sp³-hybridized carbons (Fsp3) is 0.556. The van der Waals surface area contributed by atoms with E-state index in [2.05, 4.69) is 4.98 Å². The number of hydrogen-bond donors (Lipinski definition) is 3. The Morgan fingerprint density at radius 3 is 2.76 bits per heavy atom. The molecule has 3 atom stereocenters.